The molecule has 2 aromatic carbocycles. The van der Waals surface area contributed by atoms with Crippen molar-refractivity contribution in [2.75, 3.05) is 37.5 Å². The number of hydrogen-bond acceptors (Lipinski definition) is 6. The molecule has 0 radical (unpaired) electrons. The molecule has 2 heterocycles. The molecule has 0 aromatic heterocycles. The molecule has 3 N–H and O–H groups in total. The number of nitrogens with two attached hydrogens (primary N) is 1. The van der Waals surface area contributed by atoms with Crippen LogP contribution in [0.1, 0.15) is 24.8 Å². The van der Waals surface area contributed by atoms with Gasteiger partial charge in [-0.15, -0.1) is 0 Å². The van der Waals surface area contributed by atoms with Crippen LogP contribution in [-0.2, 0) is 20.9 Å². The summed E-state index contributed by atoms with van der Waals surface area (Å²) >= 11 is 0. The Kier molecular flexibility index (Phi) is 7.02. The standard InChI is InChI=1S/C25H30N4O5/c1-33-21-10-9-18(13-22(21)34-2)29-15-17(12-23(29)30)25(32)27-19-7-4-3-6-16(19)14-28-11-5-8-20(28)24(26)31/h3-4,6-7,9-10,13,17,20H,5,8,11-12,14-15H2,1-2H3,(H2,26,31)(H,27,32). The SMILES string of the molecule is COc1ccc(N2CC(C(=O)Nc3ccccc3CN3CCCC3C(N)=O)CC2=O)cc1OC. The predicted octanol–water partition coefficient (Wildman–Crippen LogP) is 2.15. The van der Waals surface area contributed by atoms with Gasteiger partial charge in [0.2, 0.25) is 17.7 Å². The van der Waals surface area contributed by atoms with Gasteiger partial charge in [0.05, 0.1) is 26.2 Å². The maximum atomic E-state index is 13.1. The Hall–Kier alpha value is -3.59. The van der Waals surface area contributed by atoms with E-state index in [4.69, 9.17) is 15.2 Å². The Bertz CT molecular complexity index is 1090. The van der Waals surface area contributed by atoms with Crippen LogP contribution >= 0.6 is 0 Å². The Balaban J connectivity index is 1.45. The van der Waals surface area contributed by atoms with Crippen molar-refractivity contribution in [1.82, 2.24) is 4.90 Å². The quantitative estimate of drug-likeness (QED) is 0.616. The van der Waals surface area contributed by atoms with Crippen LogP contribution in [0.15, 0.2) is 42.5 Å². The zero-order valence-electron chi connectivity index (χ0n) is 19.5. The second kappa shape index (κ2) is 10.1. The number of carbonyl (C=O) groups is 3. The van der Waals surface area contributed by atoms with Crippen molar-refractivity contribution in [3.05, 3.63) is 48.0 Å². The first-order chi connectivity index (χ1) is 16.4. The third-order valence-electron chi connectivity index (χ3n) is 6.52. The van der Waals surface area contributed by atoms with Crippen LogP contribution in [0.25, 0.3) is 0 Å². The van der Waals surface area contributed by atoms with Crippen LogP contribution in [0.3, 0.4) is 0 Å². The Morgan fingerprint density at radius 2 is 1.88 bits per heavy atom. The molecule has 4 rings (SSSR count). The minimum atomic E-state index is -0.487. The topological polar surface area (TPSA) is 114 Å². The molecule has 2 aromatic rings. The van der Waals surface area contributed by atoms with Gasteiger partial charge in [-0.1, -0.05) is 18.2 Å². The number of para-hydroxylation sites is 1. The number of hydrogen-bond donors (Lipinski definition) is 2. The fraction of sp³-hybridized carbons (Fsp3) is 0.400. The van der Waals surface area contributed by atoms with Crippen molar-refractivity contribution < 1.29 is 23.9 Å². The van der Waals surface area contributed by atoms with E-state index in [0.717, 1.165) is 24.9 Å². The smallest absolute Gasteiger partial charge is 0.234 e. The van der Waals surface area contributed by atoms with Crippen molar-refractivity contribution in [2.45, 2.75) is 31.8 Å². The second-order valence-electron chi connectivity index (χ2n) is 8.62. The molecule has 9 nitrogen and oxygen atoms in total. The van der Waals surface area contributed by atoms with Crippen LogP contribution in [0.2, 0.25) is 0 Å². The second-order valence-corrected chi connectivity index (χ2v) is 8.62. The minimum Gasteiger partial charge on any atom is -0.493 e. The predicted molar refractivity (Wildman–Crippen MR) is 128 cm³/mol. The molecule has 2 saturated heterocycles. The van der Waals surface area contributed by atoms with E-state index < -0.39 is 5.92 Å². The molecule has 2 atom stereocenters. The van der Waals surface area contributed by atoms with E-state index in [1.807, 2.05) is 29.2 Å². The summed E-state index contributed by atoms with van der Waals surface area (Å²) in [5, 5.41) is 3.00. The summed E-state index contributed by atoms with van der Waals surface area (Å²) in [6, 6.07) is 12.5. The lowest BCUT2D eigenvalue weighted by molar-refractivity contribution is -0.122. The molecule has 0 spiro atoms. The highest BCUT2D eigenvalue weighted by atomic mass is 16.5. The number of ether oxygens (including phenoxy) is 2. The fourth-order valence-electron chi connectivity index (χ4n) is 4.70. The minimum absolute atomic E-state index is 0.123. The van der Waals surface area contributed by atoms with Crippen molar-refractivity contribution in [2.24, 2.45) is 11.7 Å². The van der Waals surface area contributed by atoms with Crippen LogP contribution in [0, 0.1) is 5.92 Å². The molecule has 0 saturated carbocycles. The van der Waals surface area contributed by atoms with E-state index in [2.05, 4.69) is 5.32 Å². The van der Waals surface area contributed by atoms with Gasteiger partial charge < -0.3 is 25.4 Å². The summed E-state index contributed by atoms with van der Waals surface area (Å²) in [6.45, 7) is 1.58. The molecule has 3 amide bonds. The summed E-state index contributed by atoms with van der Waals surface area (Å²) in [6.07, 6.45) is 1.79. The Labute approximate surface area is 198 Å². The molecule has 34 heavy (non-hydrogen) atoms. The highest BCUT2D eigenvalue weighted by Gasteiger charge is 2.36. The van der Waals surface area contributed by atoms with E-state index in [9.17, 15) is 14.4 Å². The highest BCUT2D eigenvalue weighted by Crippen LogP contribution is 2.34. The molecule has 2 unspecified atom stereocenters. The summed E-state index contributed by atoms with van der Waals surface area (Å²) in [7, 11) is 3.09. The molecular weight excluding hydrogens is 436 g/mol. The van der Waals surface area contributed by atoms with E-state index in [0.29, 0.717) is 29.4 Å². The van der Waals surface area contributed by atoms with Gasteiger partial charge in [0.25, 0.3) is 0 Å². The summed E-state index contributed by atoms with van der Waals surface area (Å²) in [5.41, 5.74) is 7.79. The zero-order valence-corrected chi connectivity index (χ0v) is 19.5. The largest absolute Gasteiger partial charge is 0.493 e. The maximum absolute atomic E-state index is 13.1. The lowest BCUT2D eigenvalue weighted by atomic mass is 10.1. The van der Waals surface area contributed by atoms with Gasteiger partial charge in [0.1, 0.15) is 0 Å². The van der Waals surface area contributed by atoms with Crippen molar-refractivity contribution >= 4 is 29.1 Å². The van der Waals surface area contributed by atoms with Gasteiger partial charge >= 0.3 is 0 Å². The van der Waals surface area contributed by atoms with Gasteiger partial charge in [-0.05, 0) is 43.1 Å². The van der Waals surface area contributed by atoms with E-state index in [1.54, 1.807) is 30.2 Å². The first-order valence-electron chi connectivity index (χ1n) is 11.4. The molecule has 2 aliphatic rings. The van der Waals surface area contributed by atoms with Gasteiger partial charge in [0.15, 0.2) is 11.5 Å². The first-order valence-corrected chi connectivity index (χ1v) is 11.4. The van der Waals surface area contributed by atoms with E-state index >= 15 is 0 Å². The van der Waals surface area contributed by atoms with Gasteiger partial charge in [-0.2, -0.15) is 0 Å². The number of primary amides is 1. The third kappa shape index (κ3) is 4.84. The molecule has 180 valence electrons. The van der Waals surface area contributed by atoms with Gasteiger partial charge in [-0.25, -0.2) is 0 Å². The number of carbonyl (C=O) groups excluding carboxylic acids is 3. The third-order valence-corrected chi connectivity index (χ3v) is 6.52. The fourth-order valence-corrected chi connectivity index (χ4v) is 4.70. The number of rotatable bonds is 8. The molecular formula is C25H30N4O5. The Morgan fingerprint density at radius 1 is 1.12 bits per heavy atom. The number of likely N-dealkylation sites (tertiary alicyclic amines) is 1. The van der Waals surface area contributed by atoms with E-state index in [1.165, 1.54) is 7.11 Å². The summed E-state index contributed by atoms with van der Waals surface area (Å²) in [4.78, 5) is 41.2. The number of amides is 3. The van der Waals surface area contributed by atoms with Crippen LogP contribution < -0.4 is 25.4 Å². The first kappa shape index (κ1) is 23.6. The monoisotopic (exact) mass is 466 g/mol. The van der Waals surface area contributed by atoms with Crippen LogP contribution in [0.5, 0.6) is 11.5 Å². The van der Waals surface area contributed by atoms with Crippen molar-refractivity contribution in [3.8, 4) is 11.5 Å². The average molecular weight is 467 g/mol. The average Bonchev–Trinajstić information content (AvgIpc) is 3.46. The number of methoxy groups -OCH3 is 2. The Morgan fingerprint density at radius 3 is 2.62 bits per heavy atom. The molecule has 0 bridgehead atoms. The molecule has 2 fully saturated rings. The maximum Gasteiger partial charge on any atom is 0.234 e. The zero-order chi connectivity index (χ0) is 24.2. The molecule has 9 heteroatoms. The molecule has 2 aliphatic heterocycles. The summed E-state index contributed by atoms with van der Waals surface area (Å²) < 4.78 is 10.6. The van der Waals surface area contributed by atoms with Crippen molar-refractivity contribution in [1.29, 1.82) is 0 Å². The number of benzene rings is 2. The van der Waals surface area contributed by atoms with Crippen molar-refractivity contribution in [3.63, 3.8) is 0 Å². The number of nitrogens with zero attached hydrogens (tertiary/aromatic N) is 2. The number of anilines is 2. The van der Waals surface area contributed by atoms with Crippen LogP contribution in [-0.4, -0.2) is 56.0 Å². The lowest BCUT2D eigenvalue weighted by Gasteiger charge is -2.23. The van der Waals surface area contributed by atoms with Gasteiger partial charge in [-0.3, -0.25) is 19.3 Å². The molecule has 0 aliphatic carbocycles. The number of nitrogens with one attached hydrogen (secondary N) is 1. The highest BCUT2D eigenvalue weighted by molar-refractivity contribution is 6.03. The lowest BCUT2D eigenvalue weighted by Crippen LogP contribution is -2.40. The van der Waals surface area contributed by atoms with E-state index in [-0.39, 0.29) is 36.7 Å². The van der Waals surface area contributed by atoms with Gasteiger partial charge in [0, 0.05) is 37.0 Å². The van der Waals surface area contributed by atoms with Crippen LogP contribution in [0.4, 0.5) is 11.4 Å². The summed E-state index contributed by atoms with van der Waals surface area (Å²) in [5.74, 6) is -0.0533. The normalized spacial score (nSPS) is 20.4.